The van der Waals surface area contributed by atoms with E-state index in [-0.39, 0.29) is 24.7 Å². The van der Waals surface area contributed by atoms with E-state index in [9.17, 15) is 4.79 Å². The molecule has 3 fully saturated rings. The van der Waals surface area contributed by atoms with Crippen molar-refractivity contribution in [2.45, 2.75) is 43.9 Å². The summed E-state index contributed by atoms with van der Waals surface area (Å²) < 4.78 is 11.2. The average Bonchev–Trinajstić information content (AvgIpc) is 2.67. The minimum atomic E-state index is 0.126. The lowest BCUT2D eigenvalue weighted by Crippen LogP contribution is -2.52. The van der Waals surface area contributed by atoms with E-state index in [4.69, 9.17) is 9.47 Å². The first-order valence-electron chi connectivity index (χ1n) is 7.45. The number of likely N-dealkylation sites (tertiary alicyclic amines) is 1. The molecule has 0 aromatic heterocycles. The van der Waals surface area contributed by atoms with Crippen LogP contribution in [0.3, 0.4) is 0 Å². The van der Waals surface area contributed by atoms with Crippen molar-refractivity contribution in [3.8, 4) is 0 Å². The van der Waals surface area contributed by atoms with Crippen LogP contribution in [0, 0.1) is 0 Å². The highest BCUT2D eigenvalue weighted by Gasteiger charge is 2.37. The Bertz CT molecular complexity index is 331. The summed E-state index contributed by atoms with van der Waals surface area (Å²) in [5.41, 5.74) is 0. The van der Waals surface area contributed by atoms with Crippen LogP contribution >= 0.6 is 0 Å². The molecule has 108 valence electrons. The summed E-state index contributed by atoms with van der Waals surface area (Å²) in [7, 11) is 1.92. The fourth-order valence-corrected chi connectivity index (χ4v) is 3.60. The van der Waals surface area contributed by atoms with Crippen molar-refractivity contribution < 1.29 is 14.3 Å². The first-order chi connectivity index (χ1) is 9.25. The number of nitrogens with zero attached hydrogens (tertiary/aromatic N) is 2. The van der Waals surface area contributed by atoms with Gasteiger partial charge in [-0.2, -0.15) is 0 Å². The number of carbonyl (C=O) groups is 1. The Hall–Kier alpha value is -0.650. The monoisotopic (exact) mass is 268 g/mol. The van der Waals surface area contributed by atoms with Gasteiger partial charge in [0, 0.05) is 39.4 Å². The van der Waals surface area contributed by atoms with E-state index >= 15 is 0 Å². The Kier molecular flexibility index (Phi) is 4.05. The van der Waals surface area contributed by atoms with Gasteiger partial charge >= 0.3 is 0 Å². The van der Waals surface area contributed by atoms with Crippen molar-refractivity contribution >= 4 is 5.91 Å². The number of amides is 1. The Balaban J connectivity index is 1.63. The summed E-state index contributed by atoms with van der Waals surface area (Å²) in [6.45, 7) is 4.21. The second-order valence-corrected chi connectivity index (χ2v) is 5.88. The SMILES string of the molecule is CN1C(=O)CO[C@H]2CCN(C3CCOCC3)CC[C@@H]21. The van der Waals surface area contributed by atoms with Crippen molar-refractivity contribution in [2.24, 2.45) is 0 Å². The lowest BCUT2D eigenvalue weighted by Gasteiger charge is -2.37. The molecular formula is C14H24N2O3. The van der Waals surface area contributed by atoms with Gasteiger partial charge in [0.05, 0.1) is 12.1 Å². The second-order valence-electron chi connectivity index (χ2n) is 5.88. The lowest BCUT2D eigenvalue weighted by atomic mass is 10.0. The molecule has 0 saturated carbocycles. The van der Waals surface area contributed by atoms with Crippen molar-refractivity contribution in [1.29, 1.82) is 0 Å². The van der Waals surface area contributed by atoms with Crippen molar-refractivity contribution in [3.63, 3.8) is 0 Å². The van der Waals surface area contributed by atoms with Gasteiger partial charge in [0.1, 0.15) is 6.61 Å². The predicted octanol–water partition coefficient (Wildman–Crippen LogP) is 0.487. The number of morpholine rings is 1. The lowest BCUT2D eigenvalue weighted by molar-refractivity contribution is -0.154. The van der Waals surface area contributed by atoms with E-state index in [1.807, 2.05) is 11.9 Å². The molecule has 5 heteroatoms. The molecule has 0 unspecified atom stereocenters. The molecule has 5 nitrogen and oxygen atoms in total. The van der Waals surface area contributed by atoms with E-state index in [2.05, 4.69) is 4.90 Å². The molecule has 3 aliphatic heterocycles. The molecule has 19 heavy (non-hydrogen) atoms. The summed E-state index contributed by atoms with van der Waals surface area (Å²) in [4.78, 5) is 16.2. The van der Waals surface area contributed by atoms with Crippen molar-refractivity contribution in [1.82, 2.24) is 9.80 Å². The van der Waals surface area contributed by atoms with Crippen LogP contribution in [0.2, 0.25) is 0 Å². The van der Waals surface area contributed by atoms with E-state index < -0.39 is 0 Å². The molecule has 0 aliphatic carbocycles. The van der Waals surface area contributed by atoms with Gasteiger partial charge < -0.3 is 19.3 Å². The van der Waals surface area contributed by atoms with Crippen LogP contribution in [-0.4, -0.2) is 73.9 Å². The van der Waals surface area contributed by atoms with Crippen LogP contribution < -0.4 is 0 Å². The van der Waals surface area contributed by atoms with E-state index in [1.165, 1.54) is 0 Å². The molecule has 0 N–H and O–H groups in total. The third-order valence-corrected chi connectivity index (χ3v) is 4.86. The number of fused-ring (bicyclic) bond motifs is 1. The number of likely N-dealkylation sites (N-methyl/N-ethyl adjacent to an activating group) is 1. The van der Waals surface area contributed by atoms with Crippen molar-refractivity contribution in [2.75, 3.05) is 40.0 Å². The quantitative estimate of drug-likeness (QED) is 0.694. The maximum atomic E-state index is 11.7. The van der Waals surface area contributed by atoms with Crippen molar-refractivity contribution in [3.05, 3.63) is 0 Å². The van der Waals surface area contributed by atoms with Gasteiger partial charge in [0.15, 0.2) is 0 Å². The number of ether oxygens (including phenoxy) is 2. The first-order valence-corrected chi connectivity index (χ1v) is 7.45. The summed E-state index contributed by atoms with van der Waals surface area (Å²) in [6, 6.07) is 0.931. The van der Waals surface area contributed by atoms with Gasteiger partial charge in [-0.15, -0.1) is 0 Å². The Morgan fingerprint density at radius 2 is 1.84 bits per heavy atom. The third-order valence-electron chi connectivity index (χ3n) is 4.86. The highest BCUT2D eigenvalue weighted by molar-refractivity contribution is 5.78. The Labute approximate surface area is 114 Å². The fourth-order valence-electron chi connectivity index (χ4n) is 3.60. The maximum absolute atomic E-state index is 11.7. The van der Waals surface area contributed by atoms with Gasteiger partial charge in [-0.3, -0.25) is 4.79 Å². The van der Waals surface area contributed by atoms with Gasteiger partial charge in [-0.25, -0.2) is 0 Å². The smallest absolute Gasteiger partial charge is 0.248 e. The van der Waals surface area contributed by atoms with Gasteiger partial charge in [0.2, 0.25) is 5.91 Å². The van der Waals surface area contributed by atoms with Crippen LogP contribution in [0.4, 0.5) is 0 Å². The molecule has 0 aromatic carbocycles. The molecule has 3 saturated heterocycles. The van der Waals surface area contributed by atoms with Crippen LogP contribution in [0.1, 0.15) is 25.7 Å². The fraction of sp³-hybridized carbons (Fsp3) is 0.929. The number of rotatable bonds is 1. The molecule has 3 rings (SSSR count). The molecule has 0 aromatic rings. The summed E-state index contributed by atoms with van der Waals surface area (Å²) in [6.07, 6.45) is 4.59. The standard InChI is InChI=1S/C14H24N2O3/c1-15-12-2-6-16(11-4-8-18-9-5-11)7-3-13(12)19-10-14(15)17/h11-13H,2-10H2,1H3/t12-,13-/m0/s1. The summed E-state index contributed by atoms with van der Waals surface area (Å²) in [5, 5.41) is 0. The molecule has 3 aliphatic rings. The number of hydrogen-bond donors (Lipinski definition) is 0. The van der Waals surface area contributed by atoms with Gasteiger partial charge in [-0.1, -0.05) is 0 Å². The zero-order valence-corrected chi connectivity index (χ0v) is 11.7. The normalized spacial score (nSPS) is 35.0. The largest absolute Gasteiger partial charge is 0.381 e. The van der Waals surface area contributed by atoms with Gasteiger partial charge in [0.25, 0.3) is 0 Å². The highest BCUT2D eigenvalue weighted by atomic mass is 16.5. The zero-order valence-electron chi connectivity index (χ0n) is 11.7. The van der Waals surface area contributed by atoms with Crippen LogP contribution in [0.15, 0.2) is 0 Å². The Morgan fingerprint density at radius 1 is 1.11 bits per heavy atom. The molecule has 0 bridgehead atoms. The second kappa shape index (κ2) is 5.77. The minimum absolute atomic E-state index is 0.126. The number of hydrogen-bond acceptors (Lipinski definition) is 4. The van der Waals surface area contributed by atoms with Gasteiger partial charge in [-0.05, 0) is 25.7 Å². The number of carbonyl (C=O) groups excluding carboxylic acids is 1. The maximum Gasteiger partial charge on any atom is 0.248 e. The minimum Gasteiger partial charge on any atom is -0.381 e. The summed E-state index contributed by atoms with van der Waals surface area (Å²) in [5.74, 6) is 0.126. The van der Waals surface area contributed by atoms with Crippen LogP contribution in [0.25, 0.3) is 0 Å². The molecule has 2 atom stereocenters. The van der Waals surface area contributed by atoms with Crippen LogP contribution in [-0.2, 0) is 14.3 Å². The Morgan fingerprint density at radius 3 is 2.63 bits per heavy atom. The van der Waals surface area contributed by atoms with E-state index in [1.54, 1.807) is 0 Å². The summed E-state index contributed by atoms with van der Waals surface area (Å²) >= 11 is 0. The highest BCUT2D eigenvalue weighted by Crippen LogP contribution is 2.26. The van der Waals surface area contributed by atoms with E-state index in [0.717, 1.165) is 52.0 Å². The van der Waals surface area contributed by atoms with E-state index in [0.29, 0.717) is 6.04 Å². The van der Waals surface area contributed by atoms with Crippen LogP contribution in [0.5, 0.6) is 0 Å². The average molecular weight is 268 g/mol. The topological polar surface area (TPSA) is 42.0 Å². The molecule has 3 heterocycles. The first kappa shape index (κ1) is 13.3. The third kappa shape index (κ3) is 2.78. The predicted molar refractivity (Wildman–Crippen MR) is 70.9 cm³/mol. The molecule has 0 radical (unpaired) electrons. The molecule has 1 amide bonds. The molecular weight excluding hydrogens is 244 g/mol. The molecule has 0 spiro atoms. The zero-order chi connectivity index (χ0) is 13.2.